The molecule has 0 unspecified atom stereocenters. The summed E-state index contributed by atoms with van der Waals surface area (Å²) in [5.41, 5.74) is 3.56. The van der Waals surface area contributed by atoms with Crippen molar-refractivity contribution in [2.24, 2.45) is 5.10 Å². The molecule has 2 aromatic rings. The predicted octanol–water partition coefficient (Wildman–Crippen LogP) is 2.16. The van der Waals surface area contributed by atoms with Crippen LogP contribution in [0.4, 0.5) is 0 Å². The smallest absolute Gasteiger partial charge is 0.271 e. The van der Waals surface area contributed by atoms with Crippen molar-refractivity contribution in [2.45, 2.75) is 0 Å². The number of carbonyl (C=O) groups is 1. The van der Waals surface area contributed by atoms with Crippen molar-refractivity contribution in [1.82, 2.24) is 5.43 Å². The third kappa shape index (κ3) is 3.58. The standard InChI is InChI=1S/C15H14N2O3/c1-20-14-7-3-5-12(9-14)15(19)17-16-10-11-4-2-6-13(18)8-11/h2-10,18H,1H3,(H,17,19)/b16-10-. The van der Waals surface area contributed by atoms with Gasteiger partial charge in [-0.1, -0.05) is 18.2 Å². The van der Waals surface area contributed by atoms with E-state index < -0.39 is 0 Å². The molecule has 0 aromatic heterocycles. The molecule has 0 saturated carbocycles. The molecule has 0 saturated heterocycles. The summed E-state index contributed by atoms with van der Waals surface area (Å²) in [6.07, 6.45) is 1.46. The number of benzene rings is 2. The van der Waals surface area contributed by atoms with Crippen LogP contribution in [0, 0.1) is 0 Å². The number of amides is 1. The molecule has 2 N–H and O–H groups in total. The highest BCUT2D eigenvalue weighted by Gasteiger charge is 2.04. The maximum atomic E-state index is 11.8. The fourth-order valence-corrected chi connectivity index (χ4v) is 1.60. The molecule has 0 radical (unpaired) electrons. The van der Waals surface area contributed by atoms with Gasteiger partial charge in [-0.25, -0.2) is 5.43 Å². The highest BCUT2D eigenvalue weighted by Crippen LogP contribution is 2.12. The zero-order valence-electron chi connectivity index (χ0n) is 10.9. The van der Waals surface area contributed by atoms with Crippen LogP contribution in [0.25, 0.3) is 0 Å². The fourth-order valence-electron chi connectivity index (χ4n) is 1.60. The Morgan fingerprint density at radius 2 is 2.05 bits per heavy atom. The summed E-state index contributed by atoms with van der Waals surface area (Å²) in [4.78, 5) is 11.8. The van der Waals surface area contributed by atoms with Gasteiger partial charge in [-0.2, -0.15) is 5.10 Å². The summed E-state index contributed by atoms with van der Waals surface area (Å²) < 4.78 is 5.05. The van der Waals surface area contributed by atoms with Gasteiger partial charge in [-0.3, -0.25) is 4.79 Å². The molecule has 5 heteroatoms. The Labute approximate surface area is 116 Å². The van der Waals surface area contributed by atoms with Crippen molar-refractivity contribution in [3.63, 3.8) is 0 Å². The van der Waals surface area contributed by atoms with Crippen LogP contribution in [0.3, 0.4) is 0 Å². The number of hydrazone groups is 1. The largest absolute Gasteiger partial charge is 0.508 e. The first-order chi connectivity index (χ1) is 9.69. The third-order valence-electron chi connectivity index (χ3n) is 2.58. The molecule has 0 atom stereocenters. The lowest BCUT2D eigenvalue weighted by molar-refractivity contribution is 0.0955. The SMILES string of the molecule is COc1cccc(C(=O)N/N=C\c2cccc(O)c2)c1. The van der Waals surface area contributed by atoms with Crippen LogP contribution in [0.15, 0.2) is 53.6 Å². The Morgan fingerprint density at radius 3 is 2.80 bits per heavy atom. The Bertz CT molecular complexity index is 639. The molecule has 0 spiro atoms. The van der Waals surface area contributed by atoms with Gasteiger partial charge in [0, 0.05) is 5.56 Å². The highest BCUT2D eigenvalue weighted by atomic mass is 16.5. The minimum Gasteiger partial charge on any atom is -0.508 e. The van der Waals surface area contributed by atoms with Crippen molar-refractivity contribution in [2.75, 3.05) is 7.11 Å². The molecule has 0 bridgehead atoms. The van der Waals surface area contributed by atoms with E-state index in [-0.39, 0.29) is 11.7 Å². The second-order valence-electron chi connectivity index (χ2n) is 4.03. The average Bonchev–Trinajstić information content (AvgIpc) is 2.47. The number of aromatic hydroxyl groups is 1. The number of phenols is 1. The van der Waals surface area contributed by atoms with Gasteiger partial charge in [-0.15, -0.1) is 0 Å². The first-order valence-electron chi connectivity index (χ1n) is 5.95. The lowest BCUT2D eigenvalue weighted by Gasteiger charge is -2.02. The molecule has 0 aliphatic carbocycles. The number of nitrogens with one attached hydrogen (secondary N) is 1. The van der Waals surface area contributed by atoms with Crippen LogP contribution < -0.4 is 10.2 Å². The van der Waals surface area contributed by atoms with E-state index in [0.29, 0.717) is 16.9 Å². The topological polar surface area (TPSA) is 70.9 Å². The molecule has 0 aliphatic heterocycles. The minimum atomic E-state index is -0.333. The number of nitrogens with zero attached hydrogens (tertiary/aromatic N) is 1. The third-order valence-corrected chi connectivity index (χ3v) is 2.58. The van der Waals surface area contributed by atoms with Crippen LogP contribution in [0.1, 0.15) is 15.9 Å². The maximum absolute atomic E-state index is 11.8. The Hall–Kier alpha value is -2.82. The van der Waals surface area contributed by atoms with E-state index in [9.17, 15) is 9.90 Å². The molecule has 102 valence electrons. The summed E-state index contributed by atoms with van der Waals surface area (Å²) >= 11 is 0. The molecule has 0 heterocycles. The fraction of sp³-hybridized carbons (Fsp3) is 0.0667. The highest BCUT2D eigenvalue weighted by molar-refractivity contribution is 5.95. The van der Waals surface area contributed by atoms with Gasteiger partial charge in [0.25, 0.3) is 5.91 Å². The van der Waals surface area contributed by atoms with E-state index in [0.717, 1.165) is 0 Å². The van der Waals surface area contributed by atoms with E-state index in [1.54, 1.807) is 48.5 Å². The Morgan fingerprint density at radius 1 is 1.25 bits per heavy atom. The lowest BCUT2D eigenvalue weighted by Crippen LogP contribution is -2.17. The first kappa shape index (κ1) is 13.6. The van der Waals surface area contributed by atoms with Gasteiger partial charge in [0.1, 0.15) is 11.5 Å². The van der Waals surface area contributed by atoms with E-state index in [4.69, 9.17) is 4.74 Å². The van der Waals surface area contributed by atoms with Crippen LogP contribution in [-0.4, -0.2) is 24.3 Å². The maximum Gasteiger partial charge on any atom is 0.271 e. The molecular formula is C15H14N2O3. The van der Waals surface area contributed by atoms with Crippen molar-refractivity contribution in [3.8, 4) is 11.5 Å². The number of phenolic OH excluding ortho intramolecular Hbond substituents is 1. The van der Waals surface area contributed by atoms with Crippen LogP contribution in [-0.2, 0) is 0 Å². The van der Waals surface area contributed by atoms with E-state index >= 15 is 0 Å². The monoisotopic (exact) mass is 270 g/mol. The first-order valence-corrected chi connectivity index (χ1v) is 5.95. The van der Waals surface area contributed by atoms with E-state index in [1.165, 1.54) is 13.3 Å². The molecular weight excluding hydrogens is 256 g/mol. The number of hydrogen-bond donors (Lipinski definition) is 2. The summed E-state index contributed by atoms with van der Waals surface area (Å²) in [5.74, 6) is 0.419. The van der Waals surface area contributed by atoms with Gasteiger partial charge in [0.2, 0.25) is 0 Å². The zero-order chi connectivity index (χ0) is 14.4. The normalized spacial score (nSPS) is 10.4. The van der Waals surface area contributed by atoms with E-state index in [2.05, 4.69) is 10.5 Å². The quantitative estimate of drug-likeness (QED) is 0.660. The molecule has 0 aliphatic rings. The summed E-state index contributed by atoms with van der Waals surface area (Å²) in [6.45, 7) is 0. The summed E-state index contributed by atoms with van der Waals surface area (Å²) in [7, 11) is 1.54. The number of hydrogen-bond acceptors (Lipinski definition) is 4. The van der Waals surface area contributed by atoms with Gasteiger partial charge in [0.05, 0.1) is 13.3 Å². The molecule has 0 fully saturated rings. The minimum absolute atomic E-state index is 0.146. The van der Waals surface area contributed by atoms with Crippen molar-refractivity contribution in [1.29, 1.82) is 0 Å². The van der Waals surface area contributed by atoms with E-state index in [1.807, 2.05) is 0 Å². The van der Waals surface area contributed by atoms with Gasteiger partial charge >= 0.3 is 0 Å². The Kier molecular flexibility index (Phi) is 4.34. The molecule has 20 heavy (non-hydrogen) atoms. The van der Waals surface area contributed by atoms with Crippen molar-refractivity contribution >= 4 is 12.1 Å². The van der Waals surface area contributed by atoms with Gasteiger partial charge in [-0.05, 0) is 35.9 Å². The predicted molar refractivity (Wildman–Crippen MR) is 76.2 cm³/mol. The van der Waals surface area contributed by atoms with Crippen LogP contribution >= 0.6 is 0 Å². The Balaban J connectivity index is 2.01. The number of rotatable bonds is 4. The lowest BCUT2D eigenvalue weighted by atomic mass is 10.2. The molecule has 5 nitrogen and oxygen atoms in total. The number of methoxy groups -OCH3 is 1. The number of carbonyl (C=O) groups excluding carboxylic acids is 1. The van der Waals surface area contributed by atoms with Crippen LogP contribution in [0.2, 0.25) is 0 Å². The summed E-state index contributed by atoms with van der Waals surface area (Å²) in [6, 6.07) is 13.3. The average molecular weight is 270 g/mol. The zero-order valence-corrected chi connectivity index (χ0v) is 10.9. The molecule has 1 amide bonds. The second kappa shape index (κ2) is 6.38. The second-order valence-corrected chi connectivity index (χ2v) is 4.03. The van der Waals surface area contributed by atoms with Crippen LogP contribution in [0.5, 0.6) is 11.5 Å². The summed E-state index contributed by atoms with van der Waals surface area (Å²) in [5, 5.41) is 13.1. The van der Waals surface area contributed by atoms with Gasteiger partial charge < -0.3 is 9.84 Å². The molecule has 2 rings (SSSR count). The van der Waals surface area contributed by atoms with Crippen molar-refractivity contribution < 1.29 is 14.6 Å². The molecule has 2 aromatic carbocycles. The van der Waals surface area contributed by atoms with Gasteiger partial charge in [0.15, 0.2) is 0 Å². The van der Waals surface area contributed by atoms with Crippen molar-refractivity contribution in [3.05, 3.63) is 59.7 Å². The number of ether oxygens (including phenoxy) is 1.